The minimum Gasteiger partial charge on any atom is -0.379 e. The van der Waals surface area contributed by atoms with Crippen molar-refractivity contribution in [3.05, 3.63) is 23.9 Å². The predicted octanol–water partition coefficient (Wildman–Crippen LogP) is 1.94. The molecule has 3 rings (SSSR count). The van der Waals surface area contributed by atoms with Crippen LogP contribution >= 0.6 is 0 Å². The van der Waals surface area contributed by atoms with Gasteiger partial charge in [-0.05, 0) is 25.0 Å². The first-order chi connectivity index (χ1) is 13.5. The normalized spacial score (nSPS) is 19.6. The molecule has 2 N–H and O–H groups in total. The summed E-state index contributed by atoms with van der Waals surface area (Å²) in [5.74, 6) is 0.244. The molecule has 2 heterocycles. The Morgan fingerprint density at radius 2 is 1.93 bits per heavy atom. The van der Waals surface area contributed by atoms with Crippen LogP contribution in [0.25, 0.3) is 0 Å². The van der Waals surface area contributed by atoms with Crippen LogP contribution in [-0.4, -0.2) is 79.2 Å². The first kappa shape index (κ1) is 20.5. The van der Waals surface area contributed by atoms with Crippen molar-refractivity contribution in [2.75, 3.05) is 52.3 Å². The van der Waals surface area contributed by atoms with E-state index < -0.39 is 0 Å². The summed E-state index contributed by atoms with van der Waals surface area (Å²) in [5, 5.41) is 5.80. The van der Waals surface area contributed by atoms with E-state index in [0.717, 1.165) is 39.1 Å². The molecule has 0 bridgehead atoms. The van der Waals surface area contributed by atoms with Gasteiger partial charge < -0.3 is 15.0 Å². The quantitative estimate of drug-likeness (QED) is 0.804. The second kappa shape index (κ2) is 9.34. The number of rotatable bonds is 5. The number of hydrogen-bond acceptors (Lipinski definition) is 5. The molecule has 0 aromatic carbocycles. The number of aromatic nitrogens is 1. The SMILES string of the molecule is CN(C)C(=O)c1ccnc(NC(=O)NCC2(N3CCOCC3)CCCCC2)c1. The van der Waals surface area contributed by atoms with Gasteiger partial charge in [-0.2, -0.15) is 0 Å². The molecular weight excluding hydrogens is 358 g/mol. The molecule has 1 aliphatic carbocycles. The van der Waals surface area contributed by atoms with E-state index in [2.05, 4.69) is 20.5 Å². The highest BCUT2D eigenvalue weighted by Gasteiger charge is 2.38. The zero-order valence-corrected chi connectivity index (χ0v) is 16.9. The highest BCUT2D eigenvalue weighted by Crippen LogP contribution is 2.33. The molecule has 2 fully saturated rings. The smallest absolute Gasteiger partial charge is 0.320 e. The maximum Gasteiger partial charge on any atom is 0.320 e. The second-order valence-electron chi connectivity index (χ2n) is 7.82. The lowest BCUT2D eigenvalue weighted by molar-refractivity contribution is -0.0356. The summed E-state index contributed by atoms with van der Waals surface area (Å²) >= 11 is 0. The Morgan fingerprint density at radius 3 is 2.61 bits per heavy atom. The lowest BCUT2D eigenvalue weighted by Crippen LogP contribution is -2.60. The fourth-order valence-corrected chi connectivity index (χ4v) is 4.15. The summed E-state index contributed by atoms with van der Waals surface area (Å²) in [6.45, 7) is 3.95. The number of hydrogen-bond donors (Lipinski definition) is 2. The standard InChI is InChI=1S/C20H31N5O3/c1-24(2)18(26)16-6-9-21-17(14-16)23-19(27)22-15-20(7-4-3-5-8-20)25-10-12-28-13-11-25/h6,9,14H,3-5,7-8,10-13,15H2,1-2H3,(H2,21,22,23,27). The summed E-state index contributed by atoms with van der Waals surface area (Å²) in [7, 11) is 3.38. The maximum atomic E-state index is 12.5. The van der Waals surface area contributed by atoms with Crippen LogP contribution in [-0.2, 0) is 4.74 Å². The zero-order chi connectivity index (χ0) is 20.0. The molecule has 1 aliphatic heterocycles. The van der Waals surface area contributed by atoms with Gasteiger partial charge >= 0.3 is 6.03 Å². The Bertz CT molecular complexity index is 682. The fraction of sp³-hybridized carbons (Fsp3) is 0.650. The van der Waals surface area contributed by atoms with Gasteiger partial charge in [0.2, 0.25) is 0 Å². The third kappa shape index (κ3) is 4.99. The Labute approximate surface area is 166 Å². The van der Waals surface area contributed by atoms with Crippen molar-refractivity contribution in [3.63, 3.8) is 0 Å². The number of amides is 3. The van der Waals surface area contributed by atoms with E-state index in [1.807, 2.05) is 0 Å². The van der Waals surface area contributed by atoms with E-state index >= 15 is 0 Å². The minimum absolute atomic E-state index is 0.00946. The first-order valence-corrected chi connectivity index (χ1v) is 10.1. The van der Waals surface area contributed by atoms with Crippen LogP contribution in [0, 0.1) is 0 Å². The molecule has 0 radical (unpaired) electrons. The van der Waals surface area contributed by atoms with Gasteiger partial charge in [0.1, 0.15) is 5.82 Å². The Kier molecular flexibility index (Phi) is 6.85. The van der Waals surface area contributed by atoms with Crippen LogP contribution in [0.3, 0.4) is 0 Å². The monoisotopic (exact) mass is 389 g/mol. The van der Waals surface area contributed by atoms with Crippen molar-refractivity contribution >= 4 is 17.8 Å². The van der Waals surface area contributed by atoms with Gasteiger partial charge in [-0.15, -0.1) is 0 Å². The molecule has 1 aromatic heterocycles. The van der Waals surface area contributed by atoms with Crippen LogP contribution in [0.1, 0.15) is 42.5 Å². The molecule has 154 valence electrons. The van der Waals surface area contributed by atoms with E-state index in [0.29, 0.717) is 17.9 Å². The molecule has 1 saturated carbocycles. The van der Waals surface area contributed by atoms with Crippen molar-refractivity contribution in [2.45, 2.75) is 37.6 Å². The van der Waals surface area contributed by atoms with Crippen LogP contribution in [0.2, 0.25) is 0 Å². The van der Waals surface area contributed by atoms with E-state index in [4.69, 9.17) is 4.74 Å². The van der Waals surface area contributed by atoms with Crippen molar-refractivity contribution in [1.82, 2.24) is 20.1 Å². The average Bonchev–Trinajstić information content (AvgIpc) is 2.73. The number of anilines is 1. The number of carbonyl (C=O) groups is 2. The van der Waals surface area contributed by atoms with Gasteiger partial charge in [-0.1, -0.05) is 19.3 Å². The van der Waals surface area contributed by atoms with Crippen LogP contribution in [0.4, 0.5) is 10.6 Å². The molecule has 0 atom stereocenters. The Balaban J connectivity index is 1.60. The van der Waals surface area contributed by atoms with Crippen molar-refractivity contribution in [3.8, 4) is 0 Å². The molecular formula is C20H31N5O3. The molecule has 2 aliphatic rings. The summed E-state index contributed by atoms with van der Waals surface area (Å²) < 4.78 is 5.51. The van der Waals surface area contributed by atoms with Crippen molar-refractivity contribution < 1.29 is 14.3 Å². The summed E-state index contributed by atoms with van der Waals surface area (Å²) in [6.07, 6.45) is 7.36. The molecule has 0 unspecified atom stereocenters. The Hall–Kier alpha value is -2.19. The average molecular weight is 390 g/mol. The first-order valence-electron chi connectivity index (χ1n) is 10.1. The predicted molar refractivity (Wildman–Crippen MR) is 107 cm³/mol. The number of urea groups is 1. The number of ether oxygens (including phenoxy) is 1. The largest absolute Gasteiger partial charge is 0.379 e. The van der Waals surface area contributed by atoms with Gasteiger partial charge in [0.25, 0.3) is 5.91 Å². The number of pyridine rings is 1. The van der Waals surface area contributed by atoms with Gasteiger partial charge in [-0.25, -0.2) is 9.78 Å². The molecule has 3 amide bonds. The van der Waals surface area contributed by atoms with Gasteiger partial charge in [0, 0.05) is 51.0 Å². The molecule has 28 heavy (non-hydrogen) atoms. The fourth-order valence-electron chi connectivity index (χ4n) is 4.15. The van der Waals surface area contributed by atoms with Gasteiger partial charge in [0.15, 0.2) is 0 Å². The number of nitrogens with zero attached hydrogens (tertiary/aromatic N) is 3. The molecule has 1 aromatic rings. The van der Waals surface area contributed by atoms with E-state index in [1.54, 1.807) is 26.2 Å². The Morgan fingerprint density at radius 1 is 1.21 bits per heavy atom. The van der Waals surface area contributed by atoms with Gasteiger partial charge in [-0.3, -0.25) is 15.0 Å². The zero-order valence-electron chi connectivity index (χ0n) is 16.9. The highest BCUT2D eigenvalue weighted by molar-refractivity contribution is 5.95. The second-order valence-corrected chi connectivity index (χ2v) is 7.82. The molecule has 0 spiro atoms. The third-order valence-corrected chi connectivity index (χ3v) is 5.70. The maximum absolute atomic E-state index is 12.5. The molecule has 1 saturated heterocycles. The van der Waals surface area contributed by atoms with Crippen LogP contribution < -0.4 is 10.6 Å². The van der Waals surface area contributed by atoms with E-state index in [9.17, 15) is 9.59 Å². The number of carbonyl (C=O) groups excluding carboxylic acids is 2. The summed E-state index contributed by atoms with van der Waals surface area (Å²) in [5.41, 5.74) is 0.502. The molecule has 8 nitrogen and oxygen atoms in total. The number of morpholine rings is 1. The summed E-state index contributed by atoms with van der Waals surface area (Å²) in [6, 6.07) is 2.95. The van der Waals surface area contributed by atoms with Crippen molar-refractivity contribution in [1.29, 1.82) is 0 Å². The van der Waals surface area contributed by atoms with Gasteiger partial charge in [0.05, 0.1) is 13.2 Å². The lowest BCUT2D eigenvalue weighted by Gasteiger charge is -2.48. The lowest BCUT2D eigenvalue weighted by atomic mass is 9.80. The number of nitrogens with one attached hydrogen (secondary N) is 2. The molecule has 8 heteroatoms. The minimum atomic E-state index is -0.292. The summed E-state index contributed by atoms with van der Waals surface area (Å²) in [4.78, 5) is 32.7. The van der Waals surface area contributed by atoms with E-state index in [-0.39, 0.29) is 17.5 Å². The van der Waals surface area contributed by atoms with Crippen molar-refractivity contribution in [2.24, 2.45) is 0 Å². The topological polar surface area (TPSA) is 86.8 Å². The van der Waals surface area contributed by atoms with E-state index in [1.165, 1.54) is 30.4 Å². The third-order valence-electron chi connectivity index (χ3n) is 5.70. The van der Waals surface area contributed by atoms with Crippen LogP contribution in [0.5, 0.6) is 0 Å². The highest BCUT2D eigenvalue weighted by atomic mass is 16.5. The van der Waals surface area contributed by atoms with Crippen LogP contribution in [0.15, 0.2) is 18.3 Å².